The maximum Gasteiger partial charge on any atom is 0.334 e. The molecule has 0 N–H and O–H groups in total. The van der Waals surface area contributed by atoms with Crippen molar-refractivity contribution in [2.75, 3.05) is 4.90 Å². The van der Waals surface area contributed by atoms with E-state index in [-0.39, 0.29) is 23.1 Å². The minimum atomic E-state index is -0.0311. The van der Waals surface area contributed by atoms with Crippen LogP contribution in [0.15, 0.2) is 133 Å². The number of benzene rings is 7. The highest BCUT2D eigenvalue weighted by Gasteiger charge is 2.46. The highest BCUT2D eigenvalue weighted by Crippen LogP contribution is 2.53. The number of fused-ring (bicyclic) bond motifs is 11. The van der Waals surface area contributed by atoms with Crippen LogP contribution in [0.1, 0.15) is 79.0 Å². The zero-order valence-corrected chi connectivity index (χ0v) is 35.9. The summed E-state index contributed by atoms with van der Waals surface area (Å²) in [7, 11) is 0. The summed E-state index contributed by atoms with van der Waals surface area (Å²) in [6, 6.07) is 51.4. The number of hydrogen-bond acceptors (Lipinski definition) is 2. The molecule has 7 aromatic carbocycles. The van der Waals surface area contributed by atoms with E-state index >= 15 is 0 Å². The van der Waals surface area contributed by atoms with Crippen LogP contribution in [0.2, 0.25) is 0 Å². The molecule has 0 radical (unpaired) electrons. The van der Waals surface area contributed by atoms with Gasteiger partial charge in [-0.1, -0.05) is 147 Å². The van der Waals surface area contributed by atoms with Crippen LogP contribution in [0, 0.1) is 0 Å². The lowest BCUT2D eigenvalue weighted by Gasteiger charge is -2.41. The molecule has 284 valence electrons. The summed E-state index contributed by atoms with van der Waals surface area (Å²) in [5.41, 5.74) is 17.2. The minimum absolute atomic E-state index is 0.00138. The van der Waals surface area contributed by atoms with Crippen LogP contribution in [-0.4, -0.2) is 11.3 Å². The lowest BCUT2D eigenvalue weighted by Crippen LogP contribution is -2.56. The van der Waals surface area contributed by atoms with Crippen molar-refractivity contribution in [1.82, 2.24) is 4.48 Å². The van der Waals surface area contributed by atoms with Gasteiger partial charge in [-0.15, -0.1) is 11.3 Å². The van der Waals surface area contributed by atoms with Gasteiger partial charge >= 0.3 is 6.85 Å². The topological polar surface area (TPSA) is 8.17 Å². The van der Waals surface area contributed by atoms with Crippen LogP contribution in [-0.2, 0) is 16.2 Å². The summed E-state index contributed by atoms with van der Waals surface area (Å²) < 4.78 is 4.07. The molecule has 0 fully saturated rings. The first kappa shape index (κ1) is 35.6. The van der Waals surface area contributed by atoms with Crippen LogP contribution in [0.25, 0.3) is 64.9 Å². The van der Waals surface area contributed by atoms with E-state index in [9.17, 15) is 0 Å². The molecule has 0 unspecified atom stereocenters. The zero-order chi connectivity index (χ0) is 40.0. The van der Waals surface area contributed by atoms with Gasteiger partial charge in [-0.3, -0.25) is 0 Å². The summed E-state index contributed by atoms with van der Waals surface area (Å²) in [4.78, 5) is 2.67. The molecule has 2 aliphatic rings. The second-order valence-electron chi connectivity index (χ2n) is 19.8. The van der Waals surface area contributed by atoms with E-state index in [1.54, 1.807) is 0 Å². The third-order valence-electron chi connectivity index (χ3n) is 13.0. The quantitative estimate of drug-likeness (QED) is 0.159. The third kappa shape index (κ3) is 5.03. The fourth-order valence-electron chi connectivity index (χ4n) is 9.90. The average Bonchev–Trinajstić information content (AvgIpc) is 3.74. The molecule has 0 spiro atoms. The van der Waals surface area contributed by atoms with Crippen molar-refractivity contribution in [3.63, 3.8) is 0 Å². The smallest absolute Gasteiger partial charge is 0.334 e. The second kappa shape index (κ2) is 12.0. The Morgan fingerprint density at radius 2 is 1.10 bits per heavy atom. The van der Waals surface area contributed by atoms with Gasteiger partial charge in [0.15, 0.2) is 0 Å². The van der Waals surface area contributed by atoms with E-state index in [0.29, 0.717) is 0 Å². The van der Waals surface area contributed by atoms with E-state index < -0.39 is 0 Å². The molecule has 0 bridgehead atoms. The molecular formula is C54H49BN2S. The van der Waals surface area contributed by atoms with Gasteiger partial charge in [-0.2, -0.15) is 0 Å². The summed E-state index contributed by atoms with van der Waals surface area (Å²) in [5, 5.41) is 7.90. The van der Waals surface area contributed by atoms with Crippen molar-refractivity contribution in [3.8, 4) is 22.3 Å². The highest BCUT2D eigenvalue weighted by molar-refractivity contribution is 7.26. The summed E-state index contributed by atoms with van der Waals surface area (Å²) >= 11 is 1.94. The Bertz CT molecular complexity index is 3180. The SMILES string of the molecule is CC(C)(C)c1ccc(N2c3sc4ccccc4c3B3c4c(cc5ccccc5c42)-c2cc(C(C)(C)C)cc4c5cc(C(C)(C)C)ccc5n3c24)c(-c2ccccc2)c1. The number of thiophene rings is 1. The van der Waals surface area contributed by atoms with Crippen LogP contribution in [0.5, 0.6) is 0 Å². The van der Waals surface area contributed by atoms with Gasteiger partial charge in [0, 0.05) is 43.0 Å². The fraction of sp³-hybridized carbons (Fsp3) is 0.222. The fourth-order valence-corrected chi connectivity index (χ4v) is 11.2. The number of hydrogen-bond donors (Lipinski definition) is 0. The first-order valence-electron chi connectivity index (χ1n) is 20.9. The maximum atomic E-state index is 2.75. The number of rotatable bonds is 2. The van der Waals surface area contributed by atoms with Gasteiger partial charge in [-0.05, 0) is 114 Å². The molecule has 0 saturated heterocycles. The Morgan fingerprint density at radius 1 is 0.483 bits per heavy atom. The normalized spacial score (nSPS) is 13.9. The molecule has 2 aliphatic heterocycles. The maximum absolute atomic E-state index is 2.75. The Kier molecular flexibility index (Phi) is 7.36. The zero-order valence-electron chi connectivity index (χ0n) is 35.1. The van der Waals surface area contributed by atoms with Crippen LogP contribution in [0.3, 0.4) is 0 Å². The molecular weight excluding hydrogens is 719 g/mol. The van der Waals surface area contributed by atoms with E-state index in [4.69, 9.17) is 0 Å². The largest absolute Gasteiger partial charge is 0.375 e. The highest BCUT2D eigenvalue weighted by atomic mass is 32.1. The van der Waals surface area contributed by atoms with Crippen molar-refractivity contribution in [3.05, 3.63) is 150 Å². The predicted octanol–water partition coefficient (Wildman–Crippen LogP) is 14.1. The van der Waals surface area contributed by atoms with Crippen molar-refractivity contribution in [1.29, 1.82) is 0 Å². The Labute approximate surface area is 346 Å². The molecule has 11 rings (SSSR count). The molecule has 0 amide bonds. The number of anilines is 3. The standard InChI is InChI=1S/C54H49BN2S/c1-52(2,3)34-23-25-44(39(28-34)32-17-11-10-12-18-32)56-50-37-20-14-13-19-33(37)27-41-43-31-36(54(7,8)9)30-42-40-29-35(53(4,5)6)24-26-45(40)57(49(42)43)55(47(41)50)48-38-21-15-16-22-46(38)58-51(48)56/h10-31H,1-9H3. The van der Waals surface area contributed by atoms with Crippen molar-refractivity contribution >= 4 is 88.2 Å². The van der Waals surface area contributed by atoms with Crippen molar-refractivity contribution < 1.29 is 0 Å². The first-order valence-corrected chi connectivity index (χ1v) is 21.7. The van der Waals surface area contributed by atoms with Gasteiger partial charge < -0.3 is 9.38 Å². The number of nitrogens with zero attached hydrogens (tertiary/aromatic N) is 2. The van der Waals surface area contributed by atoms with Gasteiger partial charge in [0.2, 0.25) is 0 Å². The monoisotopic (exact) mass is 768 g/mol. The molecule has 58 heavy (non-hydrogen) atoms. The molecule has 4 heteroatoms. The van der Waals surface area contributed by atoms with Gasteiger partial charge in [0.1, 0.15) is 0 Å². The van der Waals surface area contributed by atoms with Crippen molar-refractivity contribution in [2.24, 2.45) is 0 Å². The van der Waals surface area contributed by atoms with Crippen molar-refractivity contribution in [2.45, 2.75) is 78.6 Å². The van der Waals surface area contributed by atoms with E-state index in [2.05, 4.69) is 205 Å². The van der Waals surface area contributed by atoms with Gasteiger partial charge in [0.25, 0.3) is 0 Å². The first-order chi connectivity index (χ1) is 27.7. The number of aromatic nitrogens is 1. The van der Waals surface area contributed by atoms with E-state index in [1.165, 1.54) is 109 Å². The molecule has 2 aromatic heterocycles. The molecule has 9 aromatic rings. The molecule has 0 aliphatic carbocycles. The van der Waals surface area contributed by atoms with Gasteiger partial charge in [-0.25, -0.2) is 0 Å². The van der Waals surface area contributed by atoms with Crippen LogP contribution < -0.4 is 15.8 Å². The van der Waals surface area contributed by atoms with Crippen LogP contribution >= 0.6 is 11.3 Å². The third-order valence-corrected chi connectivity index (χ3v) is 14.2. The summed E-state index contributed by atoms with van der Waals surface area (Å²) in [6.07, 6.45) is 0. The molecule has 0 atom stereocenters. The Balaban J connectivity index is 1.35. The summed E-state index contributed by atoms with van der Waals surface area (Å²) in [6.45, 7) is 21.0. The Hall–Kier alpha value is -5.58. The lowest BCUT2D eigenvalue weighted by molar-refractivity contribution is 0.590. The molecule has 4 heterocycles. The summed E-state index contributed by atoms with van der Waals surface area (Å²) in [5.74, 6) is 0. The van der Waals surface area contributed by atoms with Crippen LogP contribution in [0.4, 0.5) is 16.4 Å². The molecule has 0 saturated carbocycles. The van der Waals surface area contributed by atoms with E-state index in [0.717, 1.165) is 0 Å². The van der Waals surface area contributed by atoms with Gasteiger partial charge in [0.05, 0.1) is 16.4 Å². The predicted molar refractivity (Wildman–Crippen MR) is 254 cm³/mol. The minimum Gasteiger partial charge on any atom is -0.375 e. The lowest BCUT2D eigenvalue weighted by atomic mass is 9.45. The van der Waals surface area contributed by atoms with E-state index in [1.807, 2.05) is 11.3 Å². The second-order valence-corrected chi connectivity index (χ2v) is 20.9. The average molecular weight is 769 g/mol. The Morgan fingerprint density at radius 3 is 1.84 bits per heavy atom. The molecule has 2 nitrogen and oxygen atoms in total.